The number of hydrazone groups is 1. The van der Waals surface area contributed by atoms with E-state index in [1.165, 1.54) is 11.4 Å². The molecule has 5 heterocycles. The monoisotopic (exact) mass is 406 g/mol. The van der Waals surface area contributed by atoms with Crippen LogP contribution in [0.15, 0.2) is 52.7 Å². The standard InChI is InChI=1S/C22H26N6O2/c1-14(8-23)22-20(7-19(12-28(22)24-3)30-13-15(2)29)16-4-5-21(25-9-16)27-10-17-6-18(11-27)26-17/h4-5,7,9,12,15,17-18,26,29H,3,6,10-11,13H2,1-2H3/b22-14+/t15-,17?,18?/m0/s1. The highest BCUT2D eigenvalue weighted by atomic mass is 16.5. The van der Waals surface area contributed by atoms with Gasteiger partial charge in [-0.1, -0.05) is 0 Å². The van der Waals surface area contributed by atoms with E-state index in [2.05, 4.69) is 33.1 Å². The highest BCUT2D eigenvalue weighted by Gasteiger charge is 2.36. The van der Waals surface area contributed by atoms with Gasteiger partial charge in [-0.25, -0.2) is 9.99 Å². The van der Waals surface area contributed by atoms with Crippen molar-refractivity contribution in [2.75, 3.05) is 24.6 Å². The van der Waals surface area contributed by atoms with Crippen molar-refractivity contribution in [2.45, 2.75) is 38.5 Å². The Bertz CT molecular complexity index is 941. The summed E-state index contributed by atoms with van der Waals surface area (Å²) < 4.78 is 5.69. The van der Waals surface area contributed by atoms with Crippen LogP contribution < -0.4 is 10.2 Å². The summed E-state index contributed by atoms with van der Waals surface area (Å²) in [6.07, 6.45) is 5.96. The normalized spacial score (nSPS) is 25.4. The van der Waals surface area contributed by atoms with Crippen LogP contribution in [0, 0.1) is 11.3 Å². The minimum atomic E-state index is -0.600. The molecule has 0 aromatic carbocycles. The number of nitrogens with zero attached hydrogens (tertiary/aromatic N) is 5. The summed E-state index contributed by atoms with van der Waals surface area (Å²) in [5.41, 5.74) is 2.76. The predicted molar refractivity (Wildman–Crippen MR) is 115 cm³/mol. The van der Waals surface area contributed by atoms with E-state index in [-0.39, 0.29) is 6.61 Å². The van der Waals surface area contributed by atoms with Gasteiger partial charge in [0.25, 0.3) is 0 Å². The summed E-state index contributed by atoms with van der Waals surface area (Å²) in [6.45, 7) is 9.12. The fourth-order valence-corrected chi connectivity index (χ4v) is 4.04. The third-order valence-corrected chi connectivity index (χ3v) is 5.49. The van der Waals surface area contributed by atoms with Crippen LogP contribution in [0.25, 0.3) is 5.57 Å². The maximum Gasteiger partial charge on any atom is 0.138 e. The maximum atomic E-state index is 9.55. The minimum absolute atomic E-state index is 0.152. The highest BCUT2D eigenvalue weighted by molar-refractivity contribution is 5.83. The molecule has 4 aliphatic rings. The van der Waals surface area contributed by atoms with Crippen LogP contribution in [-0.4, -0.2) is 59.7 Å². The van der Waals surface area contributed by atoms with Crippen molar-refractivity contribution in [3.63, 3.8) is 0 Å². The summed E-state index contributed by atoms with van der Waals surface area (Å²) in [6, 6.07) is 7.34. The topological polar surface area (TPSA) is 97.0 Å². The molecule has 30 heavy (non-hydrogen) atoms. The molecule has 0 amide bonds. The van der Waals surface area contributed by atoms with Gasteiger partial charge in [-0.05, 0) is 38.5 Å². The van der Waals surface area contributed by atoms with Crippen LogP contribution in [0.5, 0.6) is 0 Å². The number of aromatic nitrogens is 1. The Morgan fingerprint density at radius 1 is 1.47 bits per heavy atom. The molecular weight excluding hydrogens is 380 g/mol. The number of hydrogen-bond donors (Lipinski definition) is 2. The van der Waals surface area contributed by atoms with Gasteiger partial charge in [0, 0.05) is 49.2 Å². The predicted octanol–water partition coefficient (Wildman–Crippen LogP) is 1.98. The maximum absolute atomic E-state index is 9.55. The summed E-state index contributed by atoms with van der Waals surface area (Å²) >= 11 is 0. The van der Waals surface area contributed by atoms with E-state index in [1.54, 1.807) is 20.0 Å². The second kappa shape index (κ2) is 8.30. The SMILES string of the molecule is C=NN1C=C(OC[C@H](C)O)C=C(c2ccc(N3CC4CC(C3)N4)nc2)/C1=C(/C)C#N. The number of nitriles is 1. The third kappa shape index (κ3) is 3.95. The number of piperazine rings is 1. The van der Waals surface area contributed by atoms with Gasteiger partial charge < -0.3 is 20.1 Å². The number of aliphatic hydroxyl groups is 1. The Morgan fingerprint density at radius 2 is 2.20 bits per heavy atom. The van der Waals surface area contributed by atoms with Crippen molar-refractivity contribution < 1.29 is 9.84 Å². The fourth-order valence-electron chi connectivity index (χ4n) is 4.04. The molecule has 3 atom stereocenters. The van der Waals surface area contributed by atoms with Crippen LogP contribution in [0.3, 0.4) is 0 Å². The number of fused-ring (bicyclic) bond motifs is 2. The molecule has 3 saturated heterocycles. The van der Waals surface area contributed by atoms with E-state index in [0.717, 1.165) is 30.0 Å². The summed E-state index contributed by atoms with van der Waals surface area (Å²) in [5.74, 6) is 1.48. The number of hydrogen-bond acceptors (Lipinski definition) is 8. The van der Waals surface area contributed by atoms with Crippen LogP contribution in [-0.2, 0) is 4.74 Å². The molecule has 0 saturated carbocycles. The molecular formula is C22H26N6O2. The Hall–Kier alpha value is -3.15. The molecule has 2 bridgehead atoms. The highest BCUT2D eigenvalue weighted by Crippen LogP contribution is 2.35. The quantitative estimate of drug-likeness (QED) is 0.551. The van der Waals surface area contributed by atoms with E-state index in [9.17, 15) is 10.4 Å². The van der Waals surface area contributed by atoms with E-state index in [0.29, 0.717) is 29.1 Å². The molecule has 156 valence electrons. The largest absolute Gasteiger partial charge is 0.489 e. The third-order valence-electron chi connectivity index (χ3n) is 5.49. The number of piperidine rings is 1. The lowest BCUT2D eigenvalue weighted by Crippen LogP contribution is -2.67. The van der Waals surface area contributed by atoms with Gasteiger partial charge in [-0.15, -0.1) is 0 Å². The van der Waals surface area contributed by atoms with Crippen LogP contribution in [0.4, 0.5) is 5.82 Å². The van der Waals surface area contributed by atoms with Crippen molar-refractivity contribution in [2.24, 2.45) is 5.10 Å². The molecule has 8 nitrogen and oxygen atoms in total. The van der Waals surface area contributed by atoms with Gasteiger partial charge >= 0.3 is 0 Å². The number of nitrogens with one attached hydrogen (secondary N) is 1. The number of ether oxygens (including phenoxy) is 1. The molecule has 1 aromatic heterocycles. The first-order valence-electron chi connectivity index (χ1n) is 10.1. The van der Waals surface area contributed by atoms with Gasteiger partial charge in [-0.3, -0.25) is 0 Å². The van der Waals surface area contributed by atoms with Gasteiger partial charge in [0.15, 0.2) is 0 Å². The van der Waals surface area contributed by atoms with Gasteiger partial charge in [0.05, 0.1) is 29.6 Å². The first-order valence-corrected chi connectivity index (χ1v) is 10.1. The van der Waals surface area contributed by atoms with E-state index >= 15 is 0 Å². The van der Waals surface area contributed by atoms with Crippen molar-refractivity contribution in [3.05, 3.63) is 53.2 Å². The van der Waals surface area contributed by atoms with Crippen LogP contribution in [0.1, 0.15) is 25.8 Å². The molecule has 3 fully saturated rings. The van der Waals surface area contributed by atoms with E-state index < -0.39 is 6.10 Å². The molecule has 1 aromatic rings. The van der Waals surface area contributed by atoms with Crippen molar-refractivity contribution in [3.8, 4) is 6.07 Å². The van der Waals surface area contributed by atoms with E-state index in [4.69, 9.17) is 4.74 Å². The number of pyridine rings is 1. The zero-order valence-electron chi connectivity index (χ0n) is 17.2. The molecule has 2 N–H and O–H groups in total. The first kappa shape index (κ1) is 20.1. The van der Waals surface area contributed by atoms with Gasteiger partial charge in [0.2, 0.25) is 0 Å². The second-order valence-electron chi connectivity index (χ2n) is 7.93. The molecule has 5 rings (SSSR count). The Labute approximate surface area is 176 Å². The molecule has 0 aliphatic carbocycles. The molecule has 2 unspecified atom stereocenters. The molecule has 0 radical (unpaired) electrons. The molecule has 8 heteroatoms. The molecule has 4 aliphatic heterocycles. The second-order valence-corrected chi connectivity index (χ2v) is 7.93. The lowest BCUT2D eigenvalue weighted by atomic mass is 9.91. The number of aliphatic hydroxyl groups excluding tert-OH is 1. The number of anilines is 1. The van der Waals surface area contributed by atoms with Crippen molar-refractivity contribution in [1.82, 2.24) is 15.3 Å². The van der Waals surface area contributed by atoms with Gasteiger partial charge in [0.1, 0.15) is 18.2 Å². The lowest BCUT2D eigenvalue weighted by Gasteiger charge is -2.48. The summed E-state index contributed by atoms with van der Waals surface area (Å²) in [5, 5.41) is 28.2. The Morgan fingerprint density at radius 3 is 2.77 bits per heavy atom. The molecule has 0 spiro atoms. The average molecular weight is 406 g/mol. The fraction of sp³-hybridized carbons (Fsp3) is 0.409. The van der Waals surface area contributed by atoms with Crippen LogP contribution >= 0.6 is 0 Å². The Kier molecular flexibility index (Phi) is 5.57. The van der Waals surface area contributed by atoms with Crippen LogP contribution in [0.2, 0.25) is 0 Å². The van der Waals surface area contributed by atoms with E-state index in [1.807, 2.05) is 24.4 Å². The number of allylic oxidation sites excluding steroid dienone is 3. The Balaban J connectivity index is 1.65. The van der Waals surface area contributed by atoms with Crippen molar-refractivity contribution in [1.29, 1.82) is 5.26 Å². The zero-order chi connectivity index (χ0) is 21.3. The zero-order valence-corrected chi connectivity index (χ0v) is 17.2. The van der Waals surface area contributed by atoms with Gasteiger partial charge in [-0.2, -0.15) is 10.4 Å². The minimum Gasteiger partial charge on any atom is -0.489 e. The average Bonchev–Trinajstić information content (AvgIpc) is 2.76. The smallest absolute Gasteiger partial charge is 0.138 e. The number of rotatable bonds is 6. The summed E-state index contributed by atoms with van der Waals surface area (Å²) in [4.78, 5) is 6.99. The lowest BCUT2D eigenvalue weighted by molar-refractivity contribution is 0.0863. The van der Waals surface area contributed by atoms with Crippen molar-refractivity contribution >= 4 is 18.1 Å². The summed E-state index contributed by atoms with van der Waals surface area (Å²) in [7, 11) is 0. The first-order chi connectivity index (χ1) is 14.5.